The highest BCUT2D eigenvalue weighted by atomic mass is 35.5. The molecule has 0 aliphatic rings. The Morgan fingerprint density at radius 3 is 2.67 bits per heavy atom. The minimum Gasteiger partial charge on any atom is -0.472 e. The van der Waals surface area contributed by atoms with Crippen LogP contribution in [0.3, 0.4) is 0 Å². The lowest BCUT2D eigenvalue weighted by molar-refractivity contribution is 0.0798. The molecule has 3 heterocycles. The monoisotopic (exact) mass is 467 g/mol. The second-order valence-corrected chi connectivity index (χ2v) is 7.80. The molecular weight excluding hydrogens is 452 g/mol. The first-order valence-electron chi connectivity index (χ1n) is 9.94. The molecule has 10 heteroatoms. The predicted molar refractivity (Wildman–Crippen MR) is 121 cm³/mol. The van der Waals surface area contributed by atoms with Crippen molar-refractivity contribution in [2.24, 2.45) is 7.05 Å². The zero-order chi connectivity index (χ0) is 23.1. The summed E-state index contributed by atoms with van der Waals surface area (Å²) >= 11 is 6.18. The number of rotatable bonds is 5. The number of ether oxygens (including phenoxy) is 1. The number of benzene rings is 2. The maximum absolute atomic E-state index is 13.6. The standard InChI is InChI=1S/C23H16ClF2N5O2/c1-30-11-14-10-16(5-6-17(14)28-30)31-23(32)21(13-3-2-4-15(24)9-13)22-18(29-31)7-8-20(27-22)33-12-19(25)26/h2-11,19H,12H2,1H3. The number of fused-ring (bicyclic) bond motifs is 2. The number of nitrogens with zero attached hydrogens (tertiary/aromatic N) is 5. The van der Waals surface area contributed by atoms with Crippen LogP contribution >= 0.6 is 11.6 Å². The van der Waals surface area contributed by atoms with Crippen molar-refractivity contribution in [3.8, 4) is 22.7 Å². The lowest BCUT2D eigenvalue weighted by Gasteiger charge is -2.12. The number of pyridine rings is 1. The van der Waals surface area contributed by atoms with Gasteiger partial charge in [-0.1, -0.05) is 23.7 Å². The second kappa shape index (κ2) is 8.25. The predicted octanol–water partition coefficient (Wildman–Crippen LogP) is 4.63. The van der Waals surface area contributed by atoms with Crippen LogP contribution in [0.15, 0.2) is 65.6 Å². The van der Waals surface area contributed by atoms with Gasteiger partial charge in [-0.3, -0.25) is 9.48 Å². The van der Waals surface area contributed by atoms with Crippen LogP contribution < -0.4 is 10.3 Å². The SMILES string of the molecule is Cn1cc2cc(-n3nc4ccc(OCC(F)F)nc4c(-c4cccc(Cl)c4)c3=O)ccc2n1. The van der Waals surface area contributed by atoms with Gasteiger partial charge in [-0.25, -0.2) is 13.8 Å². The van der Waals surface area contributed by atoms with Crippen LogP contribution in [0.2, 0.25) is 5.02 Å². The van der Waals surface area contributed by atoms with Gasteiger partial charge in [0, 0.05) is 29.7 Å². The van der Waals surface area contributed by atoms with Crippen molar-refractivity contribution >= 4 is 33.5 Å². The van der Waals surface area contributed by atoms with E-state index in [4.69, 9.17) is 16.3 Å². The third kappa shape index (κ3) is 4.03. The van der Waals surface area contributed by atoms with Crippen molar-refractivity contribution in [3.05, 3.63) is 76.2 Å². The van der Waals surface area contributed by atoms with Crippen LogP contribution in [-0.4, -0.2) is 37.6 Å². The Kier molecular flexibility index (Phi) is 5.26. The molecule has 5 rings (SSSR count). The van der Waals surface area contributed by atoms with E-state index in [1.165, 1.54) is 10.7 Å². The van der Waals surface area contributed by atoms with Crippen molar-refractivity contribution in [3.63, 3.8) is 0 Å². The van der Waals surface area contributed by atoms with Gasteiger partial charge in [-0.2, -0.15) is 14.9 Å². The number of alkyl halides is 2. The number of hydrogen-bond donors (Lipinski definition) is 0. The summed E-state index contributed by atoms with van der Waals surface area (Å²) in [7, 11) is 1.82. The highest BCUT2D eigenvalue weighted by Gasteiger charge is 2.18. The molecule has 0 radical (unpaired) electrons. The first-order chi connectivity index (χ1) is 15.9. The van der Waals surface area contributed by atoms with Gasteiger partial charge in [-0.05, 0) is 42.0 Å². The van der Waals surface area contributed by atoms with E-state index in [1.54, 1.807) is 41.1 Å². The third-order valence-electron chi connectivity index (χ3n) is 5.02. The third-order valence-corrected chi connectivity index (χ3v) is 5.25. The first kappa shape index (κ1) is 21.0. The van der Waals surface area contributed by atoms with Gasteiger partial charge >= 0.3 is 0 Å². The number of aromatic nitrogens is 5. The first-order valence-corrected chi connectivity index (χ1v) is 10.3. The van der Waals surface area contributed by atoms with Crippen LogP contribution in [0.25, 0.3) is 38.8 Å². The van der Waals surface area contributed by atoms with Crippen LogP contribution in [0.1, 0.15) is 0 Å². The molecule has 0 bridgehead atoms. The van der Waals surface area contributed by atoms with Crippen LogP contribution in [0.5, 0.6) is 5.88 Å². The van der Waals surface area contributed by atoms with E-state index in [1.807, 2.05) is 25.4 Å². The molecule has 3 aromatic heterocycles. The molecule has 0 saturated carbocycles. The van der Waals surface area contributed by atoms with Gasteiger partial charge in [0.05, 0.1) is 16.8 Å². The van der Waals surface area contributed by atoms with Crippen molar-refractivity contribution in [1.82, 2.24) is 24.5 Å². The molecule has 7 nitrogen and oxygen atoms in total. The maximum atomic E-state index is 13.6. The zero-order valence-corrected chi connectivity index (χ0v) is 18.0. The van der Waals surface area contributed by atoms with Crippen molar-refractivity contribution in [2.45, 2.75) is 6.43 Å². The smallest absolute Gasteiger partial charge is 0.281 e. The highest BCUT2D eigenvalue weighted by Crippen LogP contribution is 2.28. The highest BCUT2D eigenvalue weighted by molar-refractivity contribution is 6.30. The largest absolute Gasteiger partial charge is 0.472 e. The molecule has 0 unspecified atom stereocenters. The van der Waals surface area contributed by atoms with E-state index in [0.29, 0.717) is 21.8 Å². The fourth-order valence-corrected chi connectivity index (χ4v) is 3.83. The number of aryl methyl sites for hydroxylation is 1. The zero-order valence-electron chi connectivity index (χ0n) is 17.2. The molecule has 0 N–H and O–H groups in total. The summed E-state index contributed by atoms with van der Waals surface area (Å²) in [6, 6.07) is 15.2. The fourth-order valence-electron chi connectivity index (χ4n) is 3.64. The summed E-state index contributed by atoms with van der Waals surface area (Å²) < 4.78 is 33.2. The summed E-state index contributed by atoms with van der Waals surface area (Å²) in [5.74, 6) is -0.0261. The number of halogens is 3. The van der Waals surface area contributed by atoms with E-state index in [0.717, 1.165) is 10.9 Å². The molecule has 0 aliphatic heterocycles. The molecule has 0 saturated heterocycles. The molecule has 33 heavy (non-hydrogen) atoms. The Bertz CT molecular complexity index is 1560. The lowest BCUT2D eigenvalue weighted by Crippen LogP contribution is -2.23. The van der Waals surface area contributed by atoms with Crippen molar-refractivity contribution < 1.29 is 13.5 Å². The Morgan fingerprint density at radius 1 is 1.06 bits per heavy atom. The average Bonchev–Trinajstić information content (AvgIpc) is 3.16. The number of hydrogen-bond acceptors (Lipinski definition) is 5. The second-order valence-electron chi connectivity index (χ2n) is 7.37. The summed E-state index contributed by atoms with van der Waals surface area (Å²) in [4.78, 5) is 18.0. The van der Waals surface area contributed by atoms with Crippen molar-refractivity contribution in [2.75, 3.05) is 6.61 Å². The van der Waals surface area contributed by atoms with Gasteiger partial charge in [0.25, 0.3) is 12.0 Å². The van der Waals surface area contributed by atoms with Gasteiger partial charge < -0.3 is 4.74 Å². The van der Waals surface area contributed by atoms with Crippen LogP contribution in [-0.2, 0) is 7.05 Å². The normalized spacial score (nSPS) is 11.5. The lowest BCUT2D eigenvalue weighted by atomic mass is 10.1. The molecule has 0 amide bonds. The minimum absolute atomic E-state index is 0.0261. The summed E-state index contributed by atoms with van der Waals surface area (Å²) in [5, 5.41) is 10.1. The minimum atomic E-state index is -2.65. The quantitative estimate of drug-likeness (QED) is 0.376. The Morgan fingerprint density at radius 2 is 1.88 bits per heavy atom. The molecule has 2 aromatic carbocycles. The molecule has 0 aliphatic carbocycles. The maximum Gasteiger partial charge on any atom is 0.281 e. The van der Waals surface area contributed by atoms with Gasteiger partial charge in [0.2, 0.25) is 5.88 Å². The van der Waals surface area contributed by atoms with Gasteiger partial charge in [0.1, 0.15) is 11.0 Å². The van der Waals surface area contributed by atoms with E-state index < -0.39 is 18.6 Å². The molecule has 5 aromatic rings. The Hall–Kier alpha value is -3.85. The summed E-state index contributed by atoms with van der Waals surface area (Å²) in [6.07, 6.45) is -0.805. The average molecular weight is 468 g/mol. The van der Waals surface area contributed by atoms with Crippen LogP contribution in [0.4, 0.5) is 8.78 Å². The molecular formula is C23H16ClF2N5O2. The van der Waals surface area contributed by atoms with E-state index in [-0.39, 0.29) is 17.0 Å². The van der Waals surface area contributed by atoms with E-state index >= 15 is 0 Å². The van der Waals surface area contributed by atoms with E-state index in [9.17, 15) is 13.6 Å². The fraction of sp³-hybridized carbons (Fsp3) is 0.130. The van der Waals surface area contributed by atoms with Crippen LogP contribution in [0, 0.1) is 0 Å². The molecule has 0 atom stereocenters. The molecule has 0 fully saturated rings. The summed E-state index contributed by atoms with van der Waals surface area (Å²) in [6.45, 7) is -0.805. The van der Waals surface area contributed by atoms with Gasteiger partial charge in [0.15, 0.2) is 6.61 Å². The Labute approximate surface area is 190 Å². The molecule has 0 spiro atoms. The van der Waals surface area contributed by atoms with Crippen molar-refractivity contribution in [1.29, 1.82) is 0 Å². The van der Waals surface area contributed by atoms with E-state index in [2.05, 4.69) is 15.2 Å². The Balaban J connectivity index is 1.76. The molecule has 166 valence electrons. The van der Waals surface area contributed by atoms with Gasteiger partial charge in [-0.15, -0.1) is 0 Å². The topological polar surface area (TPSA) is 74.8 Å². The summed E-state index contributed by atoms with van der Waals surface area (Å²) in [5.41, 5.74) is 2.27.